The predicted octanol–water partition coefficient (Wildman–Crippen LogP) is 5.94. The van der Waals surface area contributed by atoms with Crippen LogP contribution in [0.25, 0.3) is 16.8 Å². The second kappa shape index (κ2) is 8.03. The predicted molar refractivity (Wildman–Crippen MR) is 123 cm³/mol. The van der Waals surface area contributed by atoms with Crippen molar-refractivity contribution < 1.29 is 5.11 Å². The Morgan fingerprint density at radius 1 is 0.968 bits per heavy atom. The van der Waals surface area contributed by atoms with Crippen molar-refractivity contribution in [2.24, 2.45) is 0 Å². The molecule has 0 spiro atoms. The van der Waals surface area contributed by atoms with Crippen molar-refractivity contribution in [3.63, 3.8) is 0 Å². The van der Waals surface area contributed by atoms with Gasteiger partial charge in [-0.1, -0.05) is 66.2 Å². The van der Waals surface area contributed by atoms with Crippen LogP contribution in [0.1, 0.15) is 35.0 Å². The zero-order chi connectivity index (χ0) is 22.2. The first-order chi connectivity index (χ1) is 14.8. The van der Waals surface area contributed by atoms with E-state index in [2.05, 4.69) is 23.3 Å². The molecular formula is C26H22ClN3O. The first-order valence-electron chi connectivity index (χ1n) is 9.98. The minimum atomic E-state index is -1.22. The highest BCUT2D eigenvalue weighted by molar-refractivity contribution is 6.31. The fourth-order valence-electron chi connectivity index (χ4n) is 4.09. The molecule has 1 unspecified atom stereocenters. The van der Waals surface area contributed by atoms with Gasteiger partial charge in [0.25, 0.3) is 0 Å². The SMILES string of the molecule is Cc1nn(-c2ccc(C#N)c(Cl)c2)c(C)c1C(C)(O)c1ccc(-c2ccccc2)cc1. The van der Waals surface area contributed by atoms with Gasteiger partial charge in [0.1, 0.15) is 11.7 Å². The highest BCUT2D eigenvalue weighted by Gasteiger charge is 2.32. The molecule has 0 aliphatic rings. The van der Waals surface area contributed by atoms with Crippen LogP contribution in [0.5, 0.6) is 0 Å². The van der Waals surface area contributed by atoms with Gasteiger partial charge in [-0.3, -0.25) is 0 Å². The van der Waals surface area contributed by atoms with E-state index < -0.39 is 5.60 Å². The standard InChI is InChI=1S/C26H22ClN3O/c1-17-25(18(2)30(29-17)23-14-11-21(16-28)24(27)15-23)26(3,31)22-12-9-20(10-13-22)19-7-5-4-6-8-19/h4-15,31H,1-3H3. The smallest absolute Gasteiger partial charge is 0.115 e. The van der Waals surface area contributed by atoms with Gasteiger partial charge in [-0.15, -0.1) is 0 Å². The largest absolute Gasteiger partial charge is 0.381 e. The fraction of sp³-hybridized carbons (Fsp3) is 0.154. The monoisotopic (exact) mass is 427 g/mol. The third kappa shape index (κ3) is 3.74. The highest BCUT2D eigenvalue weighted by Crippen LogP contribution is 2.35. The van der Waals surface area contributed by atoms with Crippen LogP contribution < -0.4 is 0 Å². The maximum Gasteiger partial charge on any atom is 0.115 e. The van der Waals surface area contributed by atoms with Crippen molar-refractivity contribution in [2.45, 2.75) is 26.4 Å². The minimum absolute atomic E-state index is 0.373. The number of rotatable bonds is 4. The molecular weight excluding hydrogens is 406 g/mol. The molecule has 4 rings (SSSR count). The van der Waals surface area contributed by atoms with Crippen molar-refractivity contribution >= 4 is 11.6 Å². The van der Waals surface area contributed by atoms with Crippen LogP contribution in [-0.2, 0) is 5.60 Å². The van der Waals surface area contributed by atoms with Crippen LogP contribution in [0.4, 0.5) is 0 Å². The number of benzene rings is 3. The number of hydrogen-bond acceptors (Lipinski definition) is 3. The number of aliphatic hydroxyl groups is 1. The van der Waals surface area contributed by atoms with E-state index in [1.807, 2.05) is 56.3 Å². The second-order valence-corrected chi connectivity index (χ2v) is 8.16. The molecule has 0 saturated carbocycles. The lowest BCUT2D eigenvalue weighted by Gasteiger charge is -2.25. The summed E-state index contributed by atoms with van der Waals surface area (Å²) in [5.41, 5.74) is 5.24. The molecule has 0 fully saturated rings. The summed E-state index contributed by atoms with van der Waals surface area (Å²) in [5, 5.41) is 25.7. The number of nitrogens with zero attached hydrogens (tertiary/aromatic N) is 3. The van der Waals surface area contributed by atoms with E-state index in [9.17, 15) is 5.11 Å². The van der Waals surface area contributed by atoms with Gasteiger partial charge >= 0.3 is 0 Å². The fourth-order valence-corrected chi connectivity index (χ4v) is 4.30. The third-order valence-corrected chi connectivity index (χ3v) is 5.96. The lowest BCUT2D eigenvalue weighted by atomic mass is 9.86. The molecule has 0 bridgehead atoms. The summed E-state index contributed by atoms with van der Waals surface area (Å²) in [6, 6.07) is 25.4. The van der Waals surface area contributed by atoms with Crippen LogP contribution in [0.3, 0.4) is 0 Å². The molecule has 4 nitrogen and oxygen atoms in total. The van der Waals surface area contributed by atoms with Crippen molar-refractivity contribution in [1.29, 1.82) is 5.26 Å². The normalized spacial score (nSPS) is 12.9. The molecule has 3 aromatic carbocycles. The Bertz CT molecular complexity index is 1280. The zero-order valence-corrected chi connectivity index (χ0v) is 18.4. The number of halogens is 1. The summed E-state index contributed by atoms with van der Waals surface area (Å²) in [7, 11) is 0. The van der Waals surface area contributed by atoms with E-state index in [-0.39, 0.29) is 0 Å². The van der Waals surface area contributed by atoms with Gasteiger partial charge in [0, 0.05) is 11.3 Å². The summed E-state index contributed by atoms with van der Waals surface area (Å²) < 4.78 is 1.75. The van der Waals surface area contributed by atoms with Crippen LogP contribution in [0, 0.1) is 25.2 Å². The van der Waals surface area contributed by atoms with E-state index in [4.69, 9.17) is 16.9 Å². The van der Waals surface area contributed by atoms with E-state index in [0.29, 0.717) is 10.6 Å². The van der Waals surface area contributed by atoms with Gasteiger partial charge in [0.05, 0.1) is 22.0 Å². The van der Waals surface area contributed by atoms with Gasteiger partial charge in [0.2, 0.25) is 0 Å². The zero-order valence-electron chi connectivity index (χ0n) is 17.6. The van der Waals surface area contributed by atoms with E-state index in [1.165, 1.54) is 0 Å². The maximum absolute atomic E-state index is 11.6. The molecule has 0 aliphatic heterocycles. The molecule has 0 radical (unpaired) electrons. The van der Waals surface area contributed by atoms with Crippen molar-refractivity contribution in [3.05, 3.63) is 106 Å². The molecule has 1 heterocycles. The Morgan fingerprint density at radius 2 is 1.61 bits per heavy atom. The molecule has 1 N–H and O–H groups in total. The van der Waals surface area contributed by atoms with Crippen LogP contribution in [0.15, 0.2) is 72.8 Å². The van der Waals surface area contributed by atoms with Crippen molar-refractivity contribution in [2.75, 3.05) is 0 Å². The molecule has 31 heavy (non-hydrogen) atoms. The molecule has 1 aromatic heterocycles. The Kier molecular flexibility index (Phi) is 5.41. The maximum atomic E-state index is 11.6. The van der Waals surface area contributed by atoms with Crippen molar-refractivity contribution in [3.8, 4) is 22.9 Å². The van der Waals surface area contributed by atoms with Crippen molar-refractivity contribution in [1.82, 2.24) is 9.78 Å². The molecule has 1 atom stereocenters. The highest BCUT2D eigenvalue weighted by atomic mass is 35.5. The molecule has 0 aliphatic carbocycles. The first-order valence-corrected chi connectivity index (χ1v) is 10.4. The number of nitriles is 1. The molecule has 5 heteroatoms. The summed E-state index contributed by atoms with van der Waals surface area (Å²) in [5.74, 6) is 0. The molecule has 0 saturated heterocycles. The lowest BCUT2D eigenvalue weighted by molar-refractivity contribution is 0.101. The van der Waals surface area contributed by atoms with Gasteiger partial charge < -0.3 is 5.11 Å². The Morgan fingerprint density at radius 3 is 2.23 bits per heavy atom. The number of aromatic nitrogens is 2. The van der Waals surface area contributed by atoms with Crippen LogP contribution >= 0.6 is 11.6 Å². The summed E-state index contributed by atoms with van der Waals surface area (Å²) in [6.07, 6.45) is 0. The first kappa shape index (κ1) is 20.9. The quantitative estimate of drug-likeness (QED) is 0.438. The van der Waals surface area contributed by atoms with Gasteiger partial charge in [-0.05, 0) is 55.7 Å². The third-order valence-electron chi connectivity index (χ3n) is 5.65. The average molecular weight is 428 g/mol. The topological polar surface area (TPSA) is 61.8 Å². The van der Waals surface area contributed by atoms with Gasteiger partial charge in [-0.25, -0.2) is 4.68 Å². The second-order valence-electron chi connectivity index (χ2n) is 7.75. The van der Waals surface area contributed by atoms with E-state index in [1.54, 1.807) is 29.8 Å². The van der Waals surface area contributed by atoms with Gasteiger partial charge in [0.15, 0.2) is 0 Å². The Hall–Kier alpha value is -3.39. The summed E-state index contributed by atoms with van der Waals surface area (Å²) in [4.78, 5) is 0. The molecule has 4 aromatic rings. The Balaban J connectivity index is 1.74. The molecule has 154 valence electrons. The van der Waals surface area contributed by atoms with Gasteiger partial charge in [-0.2, -0.15) is 10.4 Å². The van der Waals surface area contributed by atoms with E-state index >= 15 is 0 Å². The van der Waals surface area contributed by atoms with Crippen LogP contribution in [0.2, 0.25) is 5.02 Å². The molecule has 0 amide bonds. The summed E-state index contributed by atoms with van der Waals surface area (Å²) >= 11 is 6.22. The van der Waals surface area contributed by atoms with Crippen LogP contribution in [-0.4, -0.2) is 14.9 Å². The average Bonchev–Trinajstić information content (AvgIpc) is 3.09. The lowest BCUT2D eigenvalue weighted by Crippen LogP contribution is -2.24. The Labute approximate surface area is 187 Å². The summed E-state index contributed by atoms with van der Waals surface area (Å²) in [6.45, 7) is 5.60. The van der Waals surface area contributed by atoms with E-state index in [0.717, 1.165) is 39.3 Å². The number of hydrogen-bond donors (Lipinski definition) is 1. The number of aryl methyl sites for hydroxylation is 1. The minimum Gasteiger partial charge on any atom is -0.381 e.